The van der Waals surface area contributed by atoms with Crippen molar-refractivity contribution in [1.29, 1.82) is 0 Å². The van der Waals surface area contributed by atoms with Crippen LogP contribution in [0.1, 0.15) is 36.8 Å². The van der Waals surface area contributed by atoms with E-state index in [2.05, 4.69) is 4.98 Å². The van der Waals surface area contributed by atoms with Gasteiger partial charge in [0.25, 0.3) is 0 Å². The van der Waals surface area contributed by atoms with Gasteiger partial charge in [-0.3, -0.25) is 0 Å². The fourth-order valence-corrected chi connectivity index (χ4v) is 0.981. The first-order valence-corrected chi connectivity index (χ1v) is 4.71. The zero-order valence-electron chi connectivity index (χ0n) is 9.15. The van der Waals surface area contributed by atoms with E-state index in [0.717, 1.165) is 5.56 Å². The van der Waals surface area contributed by atoms with Crippen LogP contribution in [-0.4, -0.2) is 21.7 Å². The molecule has 0 fully saturated rings. The summed E-state index contributed by atoms with van der Waals surface area (Å²) < 4.78 is 5.53. The number of pyridine rings is 1. The highest BCUT2D eigenvalue weighted by molar-refractivity contribution is 5.85. The van der Waals surface area contributed by atoms with Crippen LogP contribution in [0, 0.1) is 0 Å². The van der Waals surface area contributed by atoms with Crippen LogP contribution in [0.5, 0.6) is 0 Å². The van der Waals surface area contributed by atoms with E-state index in [9.17, 15) is 4.79 Å². The van der Waals surface area contributed by atoms with Gasteiger partial charge in [-0.2, -0.15) is 0 Å². The number of ether oxygens (including phenoxy) is 1. The number of hydrogen-bond acceptors (Lipinski definition) is 3. The number of nitrogens with zero attached hydrogens (tertiary/aromatic N) is 1. The molecule has 0 aliphatic rings. The van der Waals surface area contributed by atoms with Crippen molar-refractivity contribution >= 4 is 5.97 Å². The highest BCUT2D eigenvalue weighted by Crippen LogP contribution is 2.11. The van der Waals surface area contributed by atoms with E-state index in [0.29, 0.717) is 6.61 Å². The maximum Gasteiger partial charge on any atom is 0.354 e. The van der Waals surface area contributed by atoms with E-state index in [1.807, 2.05) is 20.8 Å². The van der Waals surface area contributed by atoms with E-state index < -0.39 is 5.97 Å². The Bertz CT molecular complexity index is 355. The summed E-state index contributed by atoms with van der Waals surface area (Å²) in [6, 6.07) is 3.27. The van der Waals surface area contributed by atoms with Crippen molar-refractivity contribution in [1.82, 2.24) is 4.98 Å². The second kappa shape index (κ2) is 4.40. The Morgan fingerprint density at radius 1 is 1.53 bits per heavy atom. The van der Waals surface area contributed by atoms with Gasteiger partial charge in [0.15, 0.2) is 0 Å². The van der Waals surface area contributed by atoms with Gasteiger partial charge in [0.1, 0.15) is 5.69 Å². The lowest BCUT2D eigenvalue weighted by Gasteiger charge is -2.19. The molecule has 1 aromatic rings. The Hall–Kier alpha value is -1.42. The molecule has 4 heteroatoms. The molecular weight excluding hydrogens is 194 g/mol. The van der Waals surface area contributed by atoms with E-state index in [-0.39, 0.29) is 11.3 Å². The van der Waals surface area contributed by atoms with Gasteiger partial charge in [0.2, 0.25) is 0 Å². The minimum Gasteiger partial charge on any atom is -0.477 e. The third kappa shape index (κ3) is 4.08. The number of hydrogen-bond donors (Lipinski definition) is 1. The molecule has 15 heavy (non-hydrogen) atoms. The number of carboxylic acids is 1. The van der Waals surface area contributed by atoms with Crippen molar-refractivity contribution in [2.75, 3.05) is 0 Å². The molecule has 0 aliphatic heterocycles. The van der Waals surface area contributed by atoms with Crippen LogP contribution in [0.3, 0.4) is 0 Å². The van der Waals surface area contributed by atoms with Crippen molar-refractivity contribution in [3.63, 3.8) is 0 Å². The second-order valence-electron chi connectivity index (χ2n) is 4.26. The fraction of sp³-hybridized carbons (Fsp3) is 0.455. The predicted octanol–water partition coefficient (Wildman–Crippen LogP) is 2.09. The molecule has 0 aromatic carbocycles. The largest absolute Gasteiger partial charge is 0.477 e. The van der Waals surface area contributed by atoms with Crippen molar-refractivity contribution in [2.24, 2.45) is 0 Å². The molecule has 1 rings (SSSR count). The van der Waals surface area contributed by atoms with E-state index in [4.69, 9.17) is 9.84 Å². The Kier molecular flexibility index (Phi) is 3.42. The topological polar surface area (TPSA) is 59.4 Å². The molecule has 0 atom stereocenters. The Balaban J connectivity index is 2.70. The molecule has 0 amide bonds. The Labute approximate surface area is 88.9 Å². The molecular formula is C11H15NO3. The Morgan fingerprint density at radius 3 is 2.73 bits per heavy atom. The van der Waals surface area contributed by atoms with E-state index >= 15 is 0 Å². The van der Waals surface area contributed by atoms with Gasteiger partial charge in [0, 0.05) is 6.20 Å². The summed E-state index contributed by atoms with van der Waals surface area (Å²) in [5.74, 6) is -1.02. The van der Waals surface area contributed by atoms with Crippen LogP contribution in [0.4, 0.5) is 0 Å². The SMILES string of the molecule is CC(C)(C)OCc1ccnc(C(=O)O)c1. The van der Waals surface area contributed by atoms with Gasteiger partial charge >= 0.3 is 5.97 Å². The molecule has 82 valence electrons. The summed E-state index contributed by atoms with van der Waals surface area (Å²) in [6.07, 6.45) is 1.48. The number of aromatic carboxylic acids is 1. The maximum absolute atomic E-state index is 10.7. The normalized spacial score (nSPS) is 11.4. The quantitative estimate of drug-likeness (QED) is 0.828. The smallest absolute Gasteiger partial charge is 0.354 e. The molecule has 0 radical (unpaired) electrons. The van der Waals surface area contributed by atoms with Crippen LogP contribution in [0.25, 0.3) is 0 Å². The number of carbonyl (C=O) groups is 1. The van der Waals surface area contributed by atoms with Gasteiger partial charge in [-0.15, -0.1) is 0 Å². The zero-order chi connectivity index (χ0) is 11.5. The molecule has 0 unspecified atom stereocenters. The number of aromatic nitrogens is 1. The second-order valence-corrected chi connectivity index (χ2v) is 4.26. The molecule has 1 N–H and O–H groups in total. The van der Waals surface area contributed by atoms with Gasteiger partial charge in [0.05, 0.1) is 12.2 Å². The first-order valence-electron chi connectivity index (χ1n) is 4.71. The summed E-state index contributed by atoms with van der Waals surface area (Å²) in [5, 5.41) is 8.73. The lowest BCUT2D eigenvalue weighted by molar-refractivity contribution is -0.0150. The molecule has 1 aromatic heterocycles. The average Bonchev–Trinajstić information content (AvgIpc) is 2.14. The van der Waals surface area contributed by atoms with Crippen LogP contribution in [-0.2, 0) is 11.3 Å². The summed E-state index contributed by atoms with van der Waals surface area (Å²) in [6.45, 7) is 6.25. The highest BCUT2D eigenvalue weighted by Gasteiger charge is 2.11. The van der Waals surface area contributed by atoms with Gasteiger partial charge in [-0.05, 0) is 38.5 Å². The summed E-state index contributed by atoms with van der Waals surface area (Å²) in [5.41, 5.74) is 0.634. The van der Waals surface area contributed by atoms with Crippen molar-refractivity contribution in [3.8, 4) is 0 Å². The molecule has 0 bridgehead atoms. The number of carboxylic acid groups (broad SMARTS) is 1. The zero-order valence-corrected chi connectivity index (χ0v) is 9.15. The fourth-order valence-electron chi connectivity index (χ4n) is 0.981. The molecule has 0 aliphatic carbocycles. The first kappa shape index (κ1) is 11.7. The standard InChI is InChI=1S/C11H15NO3/c1-11(2,3)15-7-8-4-5-12-9(6-8)10(13)14/h4-6H,7H2,1-3H3,(H,13,14). The van der Waals surface area contributed by atoms with E-state index in [1.54, 1.807) is 6.07 Å². The molecule has 1 heterocycles. The lowest BCUT2D eigenvalue weighted by Crippen LogP contribution is -2.18. The highest BCUT2D eigenvalue weighted by atomic mass is 16.5. The third-order valence-corrected chi connectivity index (χ3v) is 1.72. The Morgan fingerprint density at radius 2 is 2.20 bits per heavy atom. The average molecular weight is 209 g/mol. The van der Waals surface area contributed by atoms with Crippen LogP contribution in [0.2, 0.25) is 0 Å². The monoisotopic (exact) mass is 209 g/mol. The summed E-state index contributed by atoms with van der Waals surface area (Å²) in [4.78, 5) is 14.4. The van der Waals surface area contributed by atoms with Gasteiger partial charge in [-0.25, -0.2) is 9.78 Å². The van der Waals surface area contributed by atoms with Crippen molar-refractivity contribution in [2.45, 2.75) is 33.0 Å². The van der Waals surface area contributed by atoms with Crippen LogP contribution in [0.15, 0.2) is 18.3 Å². The summed E-state index contributed by atoms with van der Waals surface area (Å²) >= 11 is 0. The minimum absolute atomic E-state index is 0.0463. The van der Waals surface area contributed by atoms with Gasteiger partial charge in [-0.1, -0.05) is 0 Å². The first-order chi connectivity index (χ1) is 6.88. The molecule has 4 nitrogen and oxygen atoms in total. The van der Waals surface area contributed by atoms with Crippen molar-refractivity contribution < 1.29 is 14.6 Å². The predicted molar refractivity (Wildman–Crippen MR) is 55.7 cm³/mol. The van der Waals surface area contributed by atoms with Crippen molar-refractivity contribution in [3.05, 3.63) is 29.6 Å². The molecule has 0 saturated carbocycles. The number of rotatable bonds is 3. The van der Waals surface area contributed by atoms with E-state index in [1.165, 1.54) is 12.3 Å². The summed E-state index contributed by atoms with van der Waals surface area (Å²) in [7, 11) is 0. The third-order valence-electron chi connectivity index (χ3n) is 1.72. The molecule has 0 spiro atoms. The maximum atomic E-state index is 10.7. The van der Waals surface area contributed by atoms with Crippen LogP contribution < -0.4 is 0 Å². The lowest BCUT2D eigenvalue weighted by atomic mass is 10.2. The van der Waals surface area contributed by atoms with Crippen LogP contribution >= 0.6 is 0 Å². The molecule has 0 saturated heterocycles. The minimum atomic E-state index is -1.02. The van der Waals surface area contributed by atoms with Gasteiger partial charge < -0.3 is 9.84 Å².